The largest absolute Gasteiger partial charge is 0.458 e. The van der Waals surface area contributed by atoms with Crippen LogP contribution in [0.4, 0.5) is 0 Å². The highest BCUT2D eigenvalue weighted by molar-refractivity contribution is 5.84. The molecule has 0 fully saturated rings. The Labute approximate surface area is 324 Å². The fourth-order valence-corrected chi connectivity index (χ4v) is 7.52. The Bertz CT molecular complexity index is 1300. The molecule has 0 aromatic rings. The Morgan fingerprint density at radius 1 is 0.741 bits per heavy atom. The van der Waals surface area contributed by atoms with Gasteiger partial charge in [0.1, 0.15) is 18.5 Å². The maximum absolute atomic E-state index is 13.3. The average molecular weight is 761 g/mol. The number of carbonyl (C=O) groups excluding carboxylic acids is 3. The highest BCUT2D eigenvalue weighted by atomic mass is 16.6. The van der Waals surface area contributed by atoms with Crippen molar-refractivity contribution in [2.24, 2.45) is 29.6 Å². The van der Waals surface area contributed by atoms with E-state index in [2.05, 4.69) is 13.0 Å². The van der Waals surface area contributed by atoms with Gasteiger partial charge >= 0.3 is 11.9 Å². The van der Waals surface area contributed by atoms with Crippen LogP contribution in [0.5, 0.6) is 0 Å². The summed E-state index contributed by atoms with van der Waals surface area (Å²) in [4.78, 5) is 37.8. The van der Waals surface area contributed by atoms with Crippen LogP contribution >= 0.6 is 0 Å². The Morgan fingerprint density at radius 3 is 1.91 bits per heavy atom. The van der Waals surface area contributed by atoms with Gasteiger partial charge in [0.25, 0.3) is 0 Å². The minimum Gasteiger partial charge on any atom is -0.458 e. The number of carbonyl (C=O) groups is 3. The van der Waals surface area contributed by atoms with Gasteiger partial charge in [0.05, 0.1) is 36.6 Å². The second-order valence-corrected chi connectivity index (χ2v) is 15.0. The predicted molar refractivity (Wildman–Crippen MR) is 209 cm³/mol. The topological polar surface area (TPSA) is 125 Å². The summed E-state index contributed by atoms with van der Waals surface area (Å²) in [6.45, 7) is 11.8. The van der Waals surface area contributed by atoms with Crippen molar-refractivity contribution in [3.8, 4) is 0 Å². The van der Waals surface area contributed by atoms with Crippen LogP contribution in [-0.2, 0) is 52.3 Å². The van der Waals surface area contributed by atoms with Crippen LogP contribution in [0.1, 0.15) is 73.6 Å². The normalized spacial score (nSPS) is 35.9. The zero-order valence-corrected chi connectivity index (χ0v) is 34.7. The van der Waals surface area contributed by atoms with E-state index in [1.54, 1.807) is 61.7 Å². The summed E-state index contributed by atoms with van der Waals surface area (Å²) in [6, 6.07) is 0. The average Bonchev–Trinajstić information content (AvgIpc) is 3.15. The number of hydrogen-bond donors (Lipinski definition) is 0. The maximum Gasteiger partial charge on any atom is 0.331 e. The lowest BCUT2D eigenvalue weighted by molar-refractivity contribution is -0.152. The van der Waals surface area contributed by atoms with Crippen LogP contribution in [0.25, 0.3) is 0 Å². The summed E-state index contributed by atoms with van der Waals surface area (Å²) in [5, 5.41) is 0. The van der Waals surface area contributed by atoms with Crippen molar-refractivity contribution in [1.29, 1.82) is 0 Å². The van der Waals surface area contributed by atoms with Gasteiger partial charge in [-0.2, -0.15) is 0 Å². The van der Waals surface area contributed by atoms with E-state index in [-0.39, 0.29) is 66.3 Å². The molecule has 13 atom stereocenters. The summed E-state index contributed by atoms with van der Waals surface area (Å²) in [5.74, 6) is -1.92. The Kier molecular flexibility index (Phi) is 21.5. The minimum atomic E-state index is -0.603. The molecule has 0 amide bonds. The number of cyclic esters (lactones) is 1. The lowest BCUT2D eigenvalue weighted by Gasteiger charge is -2.34. The van der Waals surface area contributed by atoms with E-state index in [0.717, 1.165) is 17.4 Å². The first-order valence-electron chi connectivity index (χ1n) is 19.2. The maximum atomic E-state index is 13.3. The van der Waals surface area contributed by atoms with Crippen LogP contribution in [0.2, 0.25) is 0 Å². The van der Waals surface area contributed by atoms with Crippen molar-refractivity contribution in [1.82, 2.24) is 0 Å². The van der Waals surface area contributed by atoms with Crippen LogP contribution in [0.3, 0.4) is 0 Å². The van der Waals surface area contributed by atoms with Crippen molar-refractivity contribution in [3.63, 3.8) is 0 Å². The quantitative estimate of drug-likeness (QED) is 0.133. The monoisotopic (exact) mass is 760 g/mol. The molecule has 2 bridgehead atoms. The van der Waals surface area contributed by atoms with Crippen molar-refractivity contribution in [3.05, 3.63) is 59.8 Å². The zero-order valence-electron chi connectivity index (χ0n) is 34.7. The third-order valence-electron chi connectivity index (χ3n) is 11.0. The standard InChI is InChI=1S/C43H68O11/c1-27-14-13-15-40(45)54-43(32(6)42(52-12)30(4)26-44)29(3)17-19-34(47-7)24-37(50-10)28(2)16-18-35(48-8)25-38(51-11)31(5)39-22-33(23-41(46)53-39)21-36(20-27)49-9/h13-19,23,26,28-32,34-39,42-43H,20-22,24-25H2,1-12H3/b15-13+,18-16+,19-17+,27-14+/t28-,29-,30-,31+,32-,34-,35+,36?,37-,38-,39+,42-,43-/m0/s1. The van der Waals surface area contributed by atoms with E-state index in [1.807, 2.05) is 52.0 Å². The molecule has 11 heteroatoms. The van der Waals surface area contributed by atoms with Crippen molar-refractivity contribution >= 4 is 18.2 Å². The second kappa shape index (κ2) is 24.6. The molecule has 2 aliphatic heterocycles. The molecule has 54 heavy (non-hydrogen) atoms. The molecule has 2 aliphatic rings. The molecule has 0 saturated carbocycles. The zero-order chi connectivity index (χ0) is 40.4. The van der Waals surface area contributed by atoms with Gasteiger partial charge in [-0.05, 0) is 19.8 Å². The van der Waals surface area contributed by atoms with Gasteiger partial charge in [-0.25, -0.2) is 9.59 Å². The lowest BCUT2D eigenvalue weighted by Crippen LogP contribution is -2.41. The molecule has 0 spiro atoms. The third kappa shape index (κ3) is 15.0. The van der Waals surface area contributed by atoms with E-state index in [0.29, 0.717) is 32.1 Å². The van der Waals surface area contributed by atoms with Crippen LogP contribution in [0.15, 0.2) is 59.8 Å². The van der Waals surface area contributed by atoms with Crippen molar-refractivity contribution < 1.29 is 52.3 Å². The van der Waals surface area contributed by atoms with Crippen molar-refractivity contribution in [2.45, 2.75) is 122 Å². The van der Waals surface area contributed by atoms with E-state index >= 15 is 0 Å². The molecule has 1 unspecified atom stereocenters. The van der Waals surface area contributed by atoms with Gasteiger partial charge < -0.3 is 42.7 Å². The number of ether oxygens (including phenoxy) is 8. The number of esters is 2. The number of methoxy groups -OCH3 is 6. The van der Waals surface area contributed by atoms with Gasteiger partial charge in [0.2, 0.25) is 0 Å². The molecule has 0 aromatic carbocycles. The molecule has 306 valence electrons. The Morgan fingerprint density at radius 2 is 1.35 bits per heavy atom. The summed E-state index contributed by atoms with van der Waals surface area (Å²) < 4.78 is 47.2. The van der Waals surface area contributed by atoms with Crippen LogP contribution < -0.4 is 0 Å². The molecular formula is C43H68O11. The Hall–Kier alpha value is -2.93. The molecule has 0 aromatic heterocycles. The van der Waals surface area contributed by atoms with Gasteiger partial charge in [-0.15, -0.1) is 0 Å². The molecule has 2 heterocycles. The van der Waals surface area contributed by atoms with Crippen molar-refractivity contribution in [2.75, 3.05) is 42.7 Å². The molecule has 0 aliphatic carbocycles. The van der Waals surface area contributed by atoms with Gasteiger partial charge in [0.15, 0.2) is 0 Å². The lowest BCUT2D eigenvalue weighted by atomic mass is 9.84. The Balaban J connectivity index is 2.53. The van der Waals surface area contributed by atoms with Gasteiger partial charge in [-0.1, -0.05) is 82.2 Å². The van der Waals surface area contributed by atoms with Gasteiger partial charge in [-0.3, -0.25) is 0 Å². The smallest absolute Gasteiger partial charge is 0.331 e. The van der Waals surface area contributed by atoms with E-state index < -0.39 is 24.1 Å². The van der Waals surface area contributed by atoms with E-state index in [9.17, 15) is 14.4 Å². The first kappa shape index (κ1) is 47.2. The summed E-state index contributed by atoms with van der Waals surface area (Å²) in [5.41, 5.74) is 1.95. The number of fused-ring (bicyclic) bond motifs is 2. The highest BCUT2D eigenvalue weighted by Gasteiger charge is 2.36. The fraction of sp³-hybridized carbons (Fsp3) is 0.698. The van der Waals surface area contributed by atoms with Crippen LogP contribution in [0, 0.1) is 29.6 Å². The van der Waals surface area contributed by atoms with Gasteiger partial charge in [0, 0.05) is 104 Å². The first-order chi connectivity index (χ1) is 25.7. The molecule has 11 nitrogen and oxygen atoms in total. The van der Waals surface area contributed by atoms with Crippen LogP contribution in [-0.4, -0.2) is 110 Å². The summed E-state index contributed by atoms with van der Waals surface area (Å²) >= 11 is 0. The number of aldehydes is 1. The number of rotatable bonds is 10. The molecule has 2 rings (SSSR count). The molecule has 0 radical (unpaired) electrons. The summed E-state index contributed by atoms with van der Waals surface area (Å²) in [6.07, 6.45) is 15.8. The molecule has 0 N–H and O–H groups in total. The second-order valence-electron chi connectivity index (χ2n) is 15.0. The SMILES string of the molecule is COC1CC2=CC(=O)O[C@H](C2)[C@H](C)[C@@H](OC)C[C@H](OC)/C=C/[C@H](C)[C@@H](OC)C[C@@H](OC)/C=C/[C@H](C)[C@@H]([C@@H](C)[C@@H](OC)[C@@H](C)C=O)OC(=O)/C=C/C=C(\C)C1. The number of allylic oxidation sites excluding steroid dienone is 2. The van der Waals surface area contributed by atoms with E-state index in [1.165, 1.54) is 6.08 Å². The first-order valence-corrected chi connectivity index (χ1v) is 19.2. The van der Waals surface area contributed by atoms with E-state index in [4.69, 9.17) is 37.9 Å². The molecule has 0 saturated heterocycles. The minimum absolute atomic E-state index is 0.0133. The third-order valence-corrected chi connectivity index (χ3v) is 11.0. The predicted octanol–water partition coefficient (Wildman–Crippen LogP) is 6.80. The fourth-order valence-electron chi connectivity index (χ4n) is 7.52. The highest BCUT2D eigenvalue weighted by Crippen LogP contribution is 2.31. The molecular weight excluding hydrogens is 692 g/mol. The summed E-state index contributed by atoms with van der Waals surface area (Å²) in [7, 11) is 9.92. The number of hydrogen-bond acceptors (Lipinski definition) is 11.